The van der Waals surface area contributed by atoms with Crippen LogP contribution in [0.15, 0.2) is 24.3 Å². The van der Waals surface area contributed by atoms with Gasteiger partial charge in [-0.15, -0.1) is 0 Å². The van der Waals surface area contributed by atoms with Gasteiger partial charge >= 0.3 is 0 Å². The Morgan fingerprint density at radius 2 is 1.63 bits per heavy atom. The van der Waals surface area contributed by atoms with Gasteiger partial charge < -0.3 is 0 Å². The van der Waals surface area contributed by atoms with E-state index in [2.05, 4.69) is 22.9 Å². The van der Waals surface area contributed by atoms with Crippen LogP contribution in [0.4, 0.5) is 4.39 Å². The van der Waals surface area contributed by atoms with Crippen molar-refractivity contribution in [2.75, 3.05) is 5.33 Å². The van der Waals surface area contributed by atoms with Crippen LogP contribution in [-0.4, -0.2) is 5.33 Å². The van der Waals surface area contributed by atoms with Gasteiger partial charge in [0, 0.05) is 5.33 Å². The van der Waals surface area contributed by atoms with Gasteiger partial charge in [-0.05, 0) is 36.5 Å². The van der Waals surface area contributed by atoms with Crippen LogP contribution in [0.25, 0.3) is 0 Å². The van der Waals surface area contributed by atoms with E-state index < -0.39 is 0 Å². The van der Waals surface area contributed by atoms with Crippen molar-refractivity contribution in [3.05, 3.63) is 35.6 Å². The van der Waals surface area contributed by atoms with Crippen LogP contribution in [0, 0.1) is 11.7 Å². The van der Waals surface area contributed by atoms with Gasteiger partial charge in [0.25, 0.3) is 0 Å². The maximum absolute atomic E-state index is 12.8. The molecule has 0 aliphatic rings. The third kappa shape index (κ3) is 7.71. The number of hydrogen-bond donors (Lipinski definition) is 0. The molecule has 2 heteroatoms. The van der Waals surface area contributed by atoms with Crippen LogP contribution in [0.5, 0.6) is 0 Å². The molecule has 1 aromatic carbocycles. The van der Waals surface area contributed by atoms with Crippen molar-refractivity contribution in [3.63, 3.8) is 0 Å². The third-order valence-electron chi connectivity index (χ3n) is 3.62. The third-order valence-corrected chi connectivity index (χ3v) is 4.54. The zero-order chi connectivity index (χ0) is 13.9. The number of unbranched alkanes of at least 4 members (excludes halogenated alkanes) is 5. The fourth-order valence-electron chi connectivity index (χ4n) is 2.40. The number of halogens is 2. The van der Waals surface area contributed by atoms with Crippen molar-refractivity contribution in [1.82, 2.24) is 0 Å². The Hall–Kier alpha value is -0.370. The molecule has 1 unspecified atom stereocenters. The van der Waals surface area contributed by atoms with Gasteiger partial charge in [-0.2, -0.15) is 0 Å². The van der Waals surface area contributed by atoms with Crippen molar-refractivity contribution in [3.8, 4) is 0 Å². The van der Waals surface area contributed by atoms with Gasteiger partial charge in [0.05, 0.1) is 0 Å². The van der Waals surface area contributed by atoms with Gasteiger partial charge in [-0.25, -0.2) is 4.39 Å². The molecular weight excluding hydrogens is 303 g/mol. The second-order valence-electron chi connectivity index (χ2n) is 5.41. The van der Waals surface area contributed by atoms with Gasteiger partial charge in [-0.3, -0.25) is 0 Å². The lowest BCUT2D eigenvalue weighted by molar-refractivity contribution is 0.489. The summed E-state index contributed by atoms with van der Waals surface area (Å²) in [5, 5.41) is 1.04. The Bertz CT molecular complexity index is 321. The van der Waals surface area contributed by atoms with Crippen LogP contribution in [0.2, 0.25) is 0 Å². The topological polar surface area (TPSA) is 0 Å². The summed E-state index contributed by atoms with van der Waals surface area (Å²) in [6, 6.07) is 6.94. The zero-order valence-electron chi connectivity index (χ0n) is 12.0. The molecule has 1 atom stereocenters. The average Bonchev–Trinajstić information content (AvgIpc) is 2.43. The second kappa shape index (κ2) is 10.4. The molecule has 0 saturated heterocycles. The lowest BCUT2D eigenvalue weighted by atomic mass is 9.95. The molecular formula is C17H26BrF. The van der Waals surface area contributed by atoms with Crippen LogP contribution in [0.1, 0.15) is 57.4 Å². The van der Waals surface area contributed by atoms with E-state index in [0.29, 0.717) is 5.92 Å². The largest absolute Gasteiger partial charge is 0.207 e. The molecule has 0 nitrogen and oxygen atoms in total. The van der Waals surface area contributed by atoms with E-state index in [0.717, 1.165) is 11.8 Å². The molecule has 0 aliphatic heterocycles. The molecule has 0 amide bonds. The van der Waals surface area contributed by atoms with Gasteiger partial charge in [0.2, 0.25) is 0 Å². The second-order valence-corrected chi connectivity index (χ2v) is 6.05. The Morgan fingerprint density at radius 1 is 1.00 bits per heavy atom. The number of rotatable bonds is 10. The van der Waals surface area contributed by atoms with Crippen LogP contribution in [-0.2, 0) is 6.42 Å². The van der Waals surface area contributed by atoms with E-state index in [1.54, 1.807) is 12.1 Å². The maximum atomic E-state index is 12.8. The molecule has 0 bridgehead atoms. The van der Waals surface area contributed by atoms with Crippen LogP contribution >= 0.6 is 15.9 Å². The summed E-state index contributed by atoms with van der Waals surface area (Å²) in [5.74, 6) is 0.534. The number of alkyl halides is 1. The lowest BCUT2D eigenvalue weighted by Gasteiger charge is -2.14. The quantitative estimate of drug-likeness (QED) is 0.358. The van der Waals surface area contributed by atoms with Crippen molar-refractivity contribution < 1.29 is 4.39 Å². The van der Waals surface area contributed by atoms with E-state index in [4.69, 9.17) is 0 Å². The minimum atomic E-state index is -0.143. The fourth-order valence-corrected chi connectivity index (χ4v) is 2.95. The molecule has 0 aliphatic carbocycles. The summed E-state index contributed by atoms with van der Waals surface area (Å²) < 4.78 is 12.8. The summed E-state index contributed by atoms with van der Waals surface area (Å²) in [6.07, 6.45) is 10.4. The summed E-state index contributed by atoms with van der Waals surface area (Å²) in [5.41, 5.74) is 1.25. The minimum Gasteiger partial charge on any atom is -0.207 e. The van der Waals surface area contributed by atoms with E-state index in [9.17, 15) is 4.39 Å². The van der Waals surface area contributed by atoms with Crippen molar-refractivity contribution in [2.24, 2.45) is 5.92 Å². The first-order valence-corrected chi connectivity index (χ1v) is 8.68. The highest BCUT2D eigenvalue weighted by Gasteiger charge is 2.08. The smallest absolute Gasteiger partial charge is 0.123 e. The highest BCUT2D eigenvalue weighted by atomic mass is 79.9. The average molecular weight is 329 g/mol. The molecule has 0 fully saturated rings. The van der Waals surface area contributed by atoms with Crippen molar-refractivity contribution in [2.45, 2.75) is 58.3 Å². The Labute approximate surface area is 125 Å². The van der Waals surface area contributed by atoms with E-state index in [1.807, 2.05) is 12.1 Å². The highest BCUT2D eigenvalue weighted by Crippen LogP contribution is 2.19. The van der Waals surface area contributed by atoms with Crippen molar-refractivity contribution in [1.29, 1.82) is 0 Å². The molecule has 0 radical (unpaired) electrons. The molecule has 0 heterocycles. The summed E-state index contributed by atoms with van der Waals surface area (Å²) >= 11 is 3.61. The first-order valence-electron chi connectivity index (χ1n) is 7.56. The minimum absolute atomic E-state index is 0.143. The molecule has 0 saturated carbocycles. The molecule has 1 aromatic rings. The molecule has 1 rings (SSSR count). The first-order chi connectivity index (χ1) is 9.26. The molecule has 108 valence electrons. The van der Waals surface area contributed by atoms with Crippen LogP contribution in [0.3, 0.4) is 0 Å². The maximum Gasteiger partial charge on any atom is 0.123 e. The number of hydrogen-bond acceptors (Lipinski definition) is 0. The Kier molecular flexibility index (Phi) is 9.15. The monoisotopic (exact) mass is 328 g/mol. The first kappa shape index (κ1) is 16.7. The summed E-state index contributed by atoms with van der Waals surface area (Å²) in [7, 11) is 0. The van der Waals surface area contributed by atoms with E-state index in [-0.39, 0.29) is 5.82 Å². The zero-order valence-corrected chi connectivity index (χ0v) is 13.6. The summed E-state index contributed by atoms with van der Waals surface area (Å²) in [4.78, 5) is 0. The Balaban J connectivity index is 2.20. The van der Waals surface area contributed by atoms with Crippen LogP contribution < -0.4 is 0 Å². The van der Waals surface area contributed by atoms with E-state index in [1.165, 1.54) is 50.5 Å². The SMILES string of the molecule is CCCCCCCCC(CBr)Cc1ccc(F)cc1. The van der Waals surface area contributed by atoms with Gasteiger partial charge in [0.1, 0.15) is 5.82 Å². The summed E-state index contributed by atoms with van der Waals surface area (Å²) in [6.45, 7) is 2.25. The molecule has 0 aromatic heterocycles. The lowest BCUT2D eigenvalue weighted by Crippen LogP contribution is -2.06. The number of benzene rings is 1. The van der Waals surface area contributed by atoms with Gasteiger partial charge in [0.15, 0.2) is 0 Å². The standard InChI is InChI=1S/C17H26BrF/c1-2-3-4-5-6-7-8-16(14-18)13-15-9-11-17(19)12-10-15/h9-12,16H,2-8,13-14H2,1H3. The van der Waals surface area contributed by atoms with Gasteiger partial charge in [-0.1, -0.05) is 73.5 Å². The normalized spacial score (nSPS) is 12.6. The molecule has 0 spiro atoms. The predicted octanol–water partition coefficient (Wildman–Crippen LogP) is 6.13. The fraction of sp³-hybridized carbons (Fsp3) is 0.647. The predicted molar refractivity (Wildman–Crippen MR) is 85.4 cm³/mol. The van der Waals surface area contributed by atoms with Crippen molar-refractivity contribution >= 4 is 15.9 Å². The molecule has 19 heavy (non-hydrogen) atoms. The van der Waals surface area contributed by atoms with E-state index >= 15 is 0 Å². The highest BCUT2D eigenvalue weighted by molar-refractivity contribution is 9.09. The molecule has 0 N–H and O–H groups in total. The Morgan fingerprint density at radius 3 is 2.26 bits per heavy atom.